The third kappa shape index (κ3) is 4.49. The molecule has 2 aliphatic heterocycles. The quantitative estimate of drug-likeness (QED) is 0.472. The van der Waals surface area contributed by atoms with Crippen LogP contribution >= 0.6 is 22.6 Å². The Morgan fingerprint density at radius 3 is 2.57 bits per heavy atom. The number of ether oxygens (including phenoxy) is 1. The van der Waals surface area contributed by atoms with E-state index in [0.29, 0.717) is 48.7 Å². The first-order valence-electron chi connectivity index (χ1n) is 12.1. The number of carbonyl (C=O) groups excluding carboxylic acids is 2. The van der Waals surface area contributed by atoms with Gasteiger partial charge in [-0.1, -0.05) is 0 Å². The van der Waals surface area contributed by atoms with Crippen molar-refractivity contribution < 1.29 is 14.3 Å². The van der Waals surface area contributed by atoms with E-state index in [4.69, 9.17) is 4.74 Å². The molecular formula is C25H27IN6O3. The normalized spacial score (nSPS) is 19.2. The van der Waals surface area contributed by atoms with Gasteiger partial charge in [0.2, 0.25) is 0 Å². The lowest BCUT2D eigenvalue weighted by molar-refractivity contribution is 0.0300. The predicted molar refractivity (Wildman–Crippen MR) is 140 cm³/mol. The van der Waals surface area contributed by atoms with Gasteiger partial charge in [-0.05, 0) is 71.9 Å². The lowest BCUT2D eigenvalue weighted by Crippen LogP contribution is -2.41. The van der Waals surface area contributed by atoms with Crippen LogP contribution in [0.4, 0.5) is 11.5 Å². The first kappa shape index (κ1) is 22.7. The molecule has 0 atom stereocenters. The highest BCUT2D eigenvalue weighted by Crippen LogP contribution is 2.54. The van der Waals surface area contributed by atoms with Gasteiger partial charge >= 0.3 is 0 Å². The SMILES string of the molecule is O=C(Nc1cn2ccnc2c(C(=O)N2CCOCC2)n1)c1ccc(I)cc1N1CCC2(CC1)CC2. The molecular weight excluding hydrogens is 559 g/mol. The molecule has 2 saturated heterocycles. The fraction of sp³-hybridized carbons (Fsp3) is 0.440. The van der Waals surface area contributed by atoms with Gasteiger partial charge < -0.3 is 24.3 Å². The van der Waals surface area contributed by atoms with Crippen molar-refractivity contribution in [2.75, 3.05) is 49.6 Å². The minimum Gasteiger partial charge on any atom is -0.378 e. The Labute approximate surface area is 217 Å². The fourth-order valence-electron chi connectivity index (χ4n) is 5.09. The summed E-state index contributed by atoms with van der Waals surface area (Å²) in [4.78, 5) is 39.6. The molecule has 3 aliphatic rings. The first-order valence-corrected chi connectivity index (χ1v) is 13.2. The Morgan fingerprint density at radius 2 is 1.83 bits per heavy atom. The number of amides is 2. The largest absolute Gasteiger partial charge is 0.378 e. The third-order valence-corrected chi connectivity index (χ3v) is 8.11. The molecule has 0 bridgehead atoms. The topological polar surface area (TPSA) is 92.1 Å². The molecule has 3 fully saturated rings. The second-order valence-corrected chi connectivity index (χ2v) is 10.9. The molecule has 3 aromatic rings. The molecule has 9 nitrogen and oxygen atoms in total. The van der Waals surface area contributed by atoms with E-state index in [2.05, 4.69) is 48.8 Å². The Bertz CT molecular complexity index is 1290. The molecule has 182 valence electrons. The smallest absolute Gasteiger partial charge is 0.276 e. The summed E-state index contributed by atoms with van der Waals surface area (Å²) >= 11 is 2.29. The summed E-state index contributed by atoms with van der Waals surface area (Å²) < 4.78 is 8.19. The maximum absolute atomic E-state index is 13.5. The van der Waals surface area contributed by atoms with Gasteiger partial charge in [0.05, 0.1) is 30.7 Å². The molecule has 4 heterocycles. The zero-order valence-electron chi connectivity index (χ0n) is 19.4. The molecule has 35 heavy (non-hydrogen) atoms. The molecule has 1 aliphatic carbocycles. The second kappa shape index (κ2) is 9.05. The van der Waals surface area contributed by atoms with Gasteiger partial charge in [-0.2, -0.15) is 0 Å². The Hall–Kier alpha value is -2.73. The van der Waals surface area contributed by atoms with Gasteiger partial charge in [0, 0.05) is 42.1 Å². The van der Waals surface area contributed by atoms with Crippen molar-refractivity contribution in [1.82, 2.24) is 19.3 Å². The van der Waals surface area contributed by atoms with Crippen molar-refractivity contribution in [2.24, 2.45) is 5.41 Å². The van der Waals surface area contributed by atoms with E-state index in [9.17, 15) is 9.59 Å². The van der Waals surface area contributed by atoms with Crippen LogP contribution in [-0.4, -0.2) is 70.5 Å². The van der Waals surface area contributed by atoms with Gasteiger partial charge in [0.15, 0.2) is 17.2 Å². The number of imidazole rings is 1. The Morgan fingerprint density at radius 1 is 1.06 bits per heavy atom. The van der Waals surface area contributed by atoms with Gasteiger partial charge in [-0.3, -0.25) is 9.59 Å². The monoisotopic (exact) mass is 586 g/mol. The highest BCUT2D eigenvalue weighted by Gasteiger charge is 2.44. The molecule has 2 aromatic heterocycles. The van der Waals surface area contributed by atoms with Crippen molar-refractivity contribution in [3.05, 3.63) is 51.6 Å². The van der Waals surface area contributed by atoms with E-state index in [0.717, 1.165) is 22.3 Å². The van der Waals surface area contributed by atoms with Crippen molar-refractivity contribution in [3.8, 4) is 0 Å². The van der Waals surface area contributed by atoms with Crippen LogP contribution in [0.3, 0.4) is 0 Å². The number of fused-ring (bicyclic) bond motifs is 1. The van der Waals surface area contributed by atoms with Crippen molar-refractivity contribution in [3.63, 3.8) is 0 Å². The lowest BCUT2D eigenvalue weighted by Gasteiger charge is -2.35. The number of hydrogen-bond acceptors (Lipinski definition) is 6. The van der Waals surface area contributed by atoms with Gasteiger partial charge in [0.1, 0.15) is 0 Å². The third-order valence-electron chi connectivity index (χ3n) is 7.44. The minimum atomic E-state index is -0.236. The summed E-state index contributed by atoms with van der Waals surface area (Å²) in [7, 11) is 0. The number of rotatable bonds is 4. The summed E-state index contributed by atoms with van der Waals surface area (Å²) in [6.07, 6.45) is 10.1. The number of anilines is 2. The van der Waals surface area contributed by atoms with Crippen LogP contribution in [-0.2, 0) is 4.74 Å². The highest BCUT2D eigenvalue weighted by atomic mass is 127. The predicted octanol–water partition coefficient (Wildman–Crippen LogP) is 3.44. The minimum absolute atomic E-state index is 0.210. The number of nitrogens with zero attached hydrogens (tertiary/aromatic N) is 5. The van der Waals surface area contributed by atoms with Crippen LogP contribution < -0.4 is 10.2 Å². The summed E-state index contributed by atoms with van der Waals surface area (Å²) in [6, 6.07) is 5.91. The van der Waals surface area contributed by atoms with Crippen LogP contribution in [0.25, 0.3) is 5.65 Å². The highest BCUT2D eigenvalue weighted by molar-refractivity contribution is 14.1. The van der Waals surface area contributed by atoms with Crippen LogP contribution in [0, 0.1) is 8.99 Å². The standard InChI is InChI=1S/C25H27IN6O3/c26-17-1-2-18(19(15-17)30-8-5-25(3-4-25)6-9-30)23(33)29-20-16-32-10-7-27-22(32)21(28-20)24(34)31-11-13-35-14-12-31/h1-2,7,10,15-16H,3-6,8-9,11-14H2,(H,29,33). The fourth-order valence-corrected chi connectivity index (χ4v) is 5.57. The number of hydrogen-bond donors (Lipinski definition) is 1. The molecule has 2 amide bonds. The van der Waals surface area contributed by atoms with Crippen molar-refractivity contribution in [2.45, 2.75) is 25.7 Å². The number of aromatic nitrogens is 3. The second-order valence-electron chi connectivity index (χ2n) is 9.64. The van der Waals surface area contributed by atoms with E-state index in [1.165, 1.54) is 25.7 Å². The molecule has 0 unspecified atom stereocenters. The first-order chi connectivity index (χ1) is 17.0. The van der Waals surface area contributed by atoms with Gasteiger partial charge in [-0.15, -0.1) is 0 Å². The van der Waals surface area contributed by atoms with Crippen LogP contribution in [0.2, 0.25) is 0 Å². The molecule has 0 radical (unpaired) electrons. The Kier molecular flexibility index (Phi) is 5.87. The van der Waals surface area contributed by atoms with Gasteiger partial charge in [0.25, 0.3) is 11.8 Å². The molecule has 1 saturated carbocycles. The molecule has 1 N–H and O–H groups in total. The van der Waals surface area contributed by atoms with Crippen LogP contribution in [0.1, 0.15) is 46.5 Å². The van der Waals surface area contributed by atoms with Crippen molar-refractivity contribution in [1.29, 1.82) is 0 Å². The lowest BCUT2D eigenvalue weighted by atomic mass is 9.93. The van der Waals surface area contributed by atoms with E-state index >= 15 is 0 Å². The summed E-state index contributed by atoms with van der Waals surface area (Å²) in [6.45, 7) is 3.95. The van der Waals surface area contributed by atoms with Crippen LogP contribution in [0.5, 0.6) is 0 Å². The van der Waals surface area contributed by atoms with E-state index in [1.54, 1.807) is 27.9 Å². The molecule has 1 spiro atoms. The van der Waals surface area contributed by atoms with E-state index < -0.39 is 0 Å². The number of nitrogens with one attached hydrogen (secondary N) is 1. The maximum Gasteiger partial charge on any atom is 0.276 e. The number of piperidine rings is 1. The maximum atomic E-state index is 13.5. The summed E-state index contributed by atoms with van der Waals surface area (Å²) in [5.41, 5.74) is 2.83. The molecule has 10 heteroatoms. The van der Waals surface area contributed by atoms with E-state index in [1.807, 2.05) is 12.1 Å². The summed E-state index contributed by atoms with van der Waals surface area (Å²) in [5, 5.41) is 2.94. The molecule has 1 aromatic carbocycles. The summed E-state index contributed by atoms with van der Waals surface area (Å²) in [5.74, 6) is -0.130. The van der Waals surface area contributed by atoms with Crippen molar-refractivity contribution >= 4 is 51.6 Å². The Balaban J connectivity index is 1.28. The van der Waals surface area contributed by atoms with E-state index in [-0.39, 0.29) is 17.5 Å². The van der Waals surface area contributed by atoms with Gasteiger partial charge in [-0.25, -0.2) is 9.97 Å². The number of benzene rings is 1. The number of morpholine rings is 1. The zero-order chi connectivity index (χ0) is 24.0. The van der Waals surface area contributed by atoms with Crippen LogP contribution in [0.15, 0.2) is 36.8 Å². The average molecular weight is 586 g/mol. The average Bonchev–Trinajstić information content (AvgIpc) is 3.45. The molecule has 6 rings (SSSR count). The number of carbonyl (C=O) groups is 2. The number of halogens is 1. The zero-order valence-corrected chi connectivity index (χ0v) is 21.5.